The molecule has 0 aromatic carbocycles. The third kappa shape index (κ3) is 2.46. The molecule has 0 amide bonds. The van der Waals surface area contributed by atoms with Crippen LogP contribution in [0.5, 0.6) is 0 Å². The fraction of sp³-hybridized carbons (Fsp3) is 0.500. The minimum absolute atomic E-state index is 0.140. The number of hydrogen-bond acceptors (Lipinski definition) is 3. The maximum absolute atomic E-state index is 11.8. The van der Waals surface area contributed by atoms with E-state index >= 15 is 0 Å². The molecule has 0 aliphatic rings. The first kappa shape index (κ1) is 9.56. The molecule has 0 spiro atoms. The van der Waals surface area contributed by atoms with Crippen LogP contribution < -0.4 is 0 Å². The molecule has 1 aromatic heterocycles. The molecular weight excluding hydrogens is 184 g/mol. The van der Waals surface area contributed by atoms with Gasteiger partial charge in [-0.05, 0) is 0 Å². The second-order valence-corrected chi connectivity index (χ2v) is 2.29. The number of aromatic nitrogens is 3. The normalized spacial score (nSPS) is 10.7. The number of carboxylic acid groups (broad SMARTS) is 1. The van der Waals surface area contributed by atoms with Gasteiger partial charge in [-0.1, -0.05) is 0 Å². The van der Waals surface area contributed by atoms with E-state index in [9.17, 15) is 13.6 Å². The van der Waals surface area contributed by atoms with Crippen molar-refractivity contribution in [1.82, 2.24) is 14.8 Å². The zero-order valence-electron chi connectivity index (χ0n) is 6.52. The maximum Gasteiger partial charge on any atom is 0.373 e. The van der Waals surface area contributed by atoms with Gasteiger partial charge < -0.3 is 5.11 Å². The van der Waals surface area contributed by atoms with Gasteiger partial charge in [-0.2, -0.15) is 5.10 Å². The van der Waals surface area contributed by atoms with Crippen molar-refractivity contribution in [1.29, 1.82) is 0 Å². The van der Waals surface area contributed by atoms with Crippen molar-refractivity contribution in [3.8, 4) is 0 Å². The molecule has 5 nitrogen and oxygen atoms in total. The number of alkyl halides is 2. The molecule has 72 valence electrons. The highest BCUT2D eigenvalue weighted by atomic mass is 19.3. The summed E-state index contributed by atoms with van der Waals surface area (Å²) in [4.78, 5) is 13.8. The average Bonchev–Trinajstić information content (AvgIpc) is 2.47. The van der Waals surface area contributed by atoms with E-state index in [1.165, 1.54) is 0 Å². The van der Waals surface area contributed by atoms with Gasteiger partial charge in [-0.3, -0.25) is 0 Å². The Labute approximate surface area is 72.0 Å². The summed E-state index contributed by atoms with van der Waals surface area (Å²) in [5.41, 5.74) is 0. The number of halogens is 2. The number of hydrogen-bond donors (Lipinski definition) is 1. The van der Waals surface area contributed by atoms with E-state index in [1.807, 2.05) is 0 Å². The molecule has 0 fully saturated rings. The van der Waals surface area contributed by atoms with Crippen LogP contribution >= 0.6 is 0 Å². The van der Waals surface area contributed by atoms with Gasteiger partial charge in [0.05, 0.1) is 0 Å². The Balaban J connectivity index is 2.65. The molecule has 0 unspecified atom stereocenters. The van der Waals surface area contributed by atoms with E-state index in [1.54, 1.807) is 0 Å². The van der Waals surface area contributed by atoms with Gasteiger partial charge in [0.2, 0.25) is 12.2 Å². The van der Waals surface area contributed by atoms with E-state index in [0.29, 0.717) is 0 Å². The molecule has 0 radical (unpaired) electrons. The maximum atomic E-state index is 11.8. The third-order valence-electron chi connectivity index (χ3n) is 1.37. The highest BCUT2D eigenvalue weighted by Crippen LogP contribution is 2.02. The molecule has 1 N–H and O–H groups in total. The van der Waals surface area contributed by atoms with Crippen molar-refractivity contribution in [3.05, 3.63) is 12.2 Å². The lowest BCUT2D eigenvalue weighted by molar-refractivity contribution is 0.0671. The fourth-order valence-corrected chi connectivity index (χ4v) is 0.813. The summed E-state index contributed by atoms with van der Waals surface area (Å²) in [7, 11) is 0. The lowest BCUT2D eigenvalue weighted by Crippen LogP contribution is -2.12. The number of carbonyl (C=O) groups is 1. The van der Waals surface area contributed by atoms with Crippen LogP contribution in [0.25, 0.3) is 0 Å². The van der Waals surface area contributed by atoms with Crippen LogP contribution in [-0.2, 0) is 6.54 Å². The van der Waals surface area contributed by atoms with Gasteiger partial charge >= 0.3 is 5.97 Å². The number of carboxylic acids is 1. The first-order chi connectivity index (χ1) is 6.11. The van der Waals surface area contributed by atoms with Gasteiger partial charge in [-0.15, -0.1) is 0 Å². The van der Waals surface area contributed by atoms with Crippen LogP contribution in [0.4, 0.5) is 8.78 Å². The predicted octanol–water partition coefficient (Wildman–Crippen LogP) is 0.631. The monoisotopic (exact) mass is 191 g/mol. The van der Waals surface area contributed by atoms with Crippen molar-refractivity contribution in [2.75, 3.05) is 0 Å². The Hall–Kier alpha value is -1.53. The standard InChI is InChI=1S/C6H7F2N3O2/c7-4(8)1-2-11-5(6(12)13)9-3-10-11/h3-4H,1-2H2,(H,12,13). The van der Waals surface area contributed by atoms with Gasteiger partial charge in [-0.25, -0.2) is 23.2 Å². The molecular formula is C6H7F2N3O2. The van der Waals surface area contributed by atoms with E-state index in [4.69, 9.17) is 5.11 Å². The summed E-state index contributed by atoms with van der Waals surface area (Å²) in [5, 5.41) is 12.0. The molecule has 0 saturated carbocycles. The average molecular weight is 191 g/mol. The van der Waals surface area contributed by atoms with Gasteiger partial charge in [0.25, 0.3) is 0 Å². The van der Waals surface area contributed by atoms with Crippen LogP contribution in [0.15, 0.2) is 6.33 Å². The van der Waals surface area contributed by atoms with E-state index < -0.39 is 18.8 Å². The largest absolute Gasteiger partial charge is 0.475 e. The number of rotatable bonds is 4. The molecule has 1 aromatic rings. The predicted molar refractivity (Wildman–Crippen MR) is 37.6 cm³/mol. The smallest absolute Gasteiger partial charge is 0.373 e. The molecule has 0 aliphatic carbocycles. The zero-order valence-corrected chi connectivity index (χ0v) is 6.52. The van der Waals surface area contributed by atoms with Crippen molar-refractivity contribution >= 4 is 5.97 Å². The number of aromatic carboxylic acids is 1. The van der Waals surface area contributed by atoms with Gasteiger partial charge in [0, 0.05) is 13.0 Å². The molecule has 7 heteroatoms. The Morgan fingerprint density at radius 1 is 1.69 bits per heavy atom. The second kappa shape index (κ2) is 3.92. The van der Waals surface area contributed by atoms with E-state index in [2.05, 4.69) is 10.1 Å². The summed E-state index contributed by atoms with van der Waals surface area (Å²) in [6, 6.07) is 0. The minimum Gasteiger partial charge on any atom is -0.475 e. The topological polar surface area (TPSA) is 68.0 Å². The van der Waals surface area contributed by atoms with Crippen LogP contribution in [0.2, 0.25) is 0 Å². The third-order valence-corrected chi connectivity index (χ3v) is 1.37. The Morgan fingerprint density at radius 3 is 2.92 bits per heavy atom. The number of nitrogens with zero attached hydrogens (tertiary/aromatic N) is 3. The van der Waals surface area contributed by atoms with Crippen molar-refractivity contribution in [2.24, 2.45) is 0 Å². The van der Waals surface area contributed by atoms with E-state index in [-0.39, 0.29) is 12.4 Å². The lowest BCUT2D eigenvalue weighted by Gasteiger charge is -2.01. The molecule has 1 heterocycles. The Bertz CT molecular complexity index is 300. The van der Waals surface area contributed by atoms with Crippen molar-refractivity contribution in [2.45, 2.75) is 19.4 Å². The van der Waals surface area contributed by atoms with Gasteiger partial charge in [0.1, 0.15) is 6.33 Å². The summed E-state index contributed by atoms with van der Waals surface area (Å²) < 4.78 is 24.4. The highest BCUT2D eigenvalue weighted by Gasteiger charge is 2.13. The van der Waals surface area contributed by atoms with Crippen LogP contribution in [0.1, 0.15) is 17.0 Å². The first-order valence-corrected chi connectivity index (χ1v) is 3.50. The Morgan fingerprint density at radius 2 is 2.38 bits per heavy atom. The fourth-order valence-electron chi connectivity index (χ4n) is 0.813. The zero-order chi connectivity index (χ0) is 9.84. The van der Waals surface area contributed by atoms with Crippen LogP contribution in [0, 0.1) is 0 Å². The molecule has 0 atom stereocenters. The number of aryl methyl sites for hydroxylation is 1. The SMILES string of the molecule is O=C(O)c1ncnn1CCC(F)F. The quantitative estimate of drug-likeness (QED) is 0.757. The summed E-state index contributed by atoms with van der Waals surface area (Å²) in [5.74, 6) is -1.59. The van der Waals surface area contributed by atoms with Crippen LogP contribution in [-0.4, -0.2) is 32.3 Å². The van der Waals surface area contributed by atoms with Crippen LogP contribution in [0.3, 0.4) is 0 Å². The summed E-state index contributed by atoms with van der Waals surface area (Å²) in [6.07, 6.45) is -1.87. The minimum atomic E-state index is -2.47. The van der Waals surface area contributed by atoms with E-state index in [0.717, 1.165) is 11.0 Å². The molecule has 1 rings (SSSR count). The van der Waals surface area contributed by atoms with Crippen molar-refractivity contribution in [3.63, 3.8) is 0 Å². The molecule has 13 heavy (non-hydrogen) atoms. The molecule has 0 saturated heterocycles. The highest BCUT2D eigenvalue weighted by molar-refractivity contribution is 5.83. The van der Waals surface area contributed by atoms with Crippen molar-refractivity contribution < 1.29 is 18.7 Å². The van der Waals surface area contributed by atoms with Gasteiger partial charge in [0.15, 0.2) is 0 Å². The second-order valence-electron chi connectivity index (χ2n) is 2.29. The first-order valence-electron chi connectivity index (χ1n) is 3.50. The Kier molecular flexibility index (Phi) is 2.88. The lowest BCUT2D eigenvalue weighted by atomic mass is 10.4. The summed E-state index contributed by atoms with van der Waals surface area (Å²) in [6.45, 7) is -0.140. The summed E-state index contributed by atoms with van der Waals surface area (Å²) >= 11 is 0. The molecule has 0 aliphatic heterocycles. The molecule has 0 bridgehead atoms.